The lowest BCUT2D eigenvalue weighted by Gasteiger charge is -2.20. The molecule has 21 heavy (non-hydrogen) atoms. The summed E-state index contributed by atoms with van der Waals surface area (Å²) in [5, 5.41) is 3.35. The van der Waals surface area contributed by atoms with Crippen molar-refractivity contribution in [3.8, 4) is 0 Å². The molecule has 2 aromatic carbocycles. The fraction of sp³-hybridized carbons (Fsp3) is 0.333. The largest absolute Gasteiger partial charge is 0.310 e. The minimum atomic E-state index is -0.789. The molecule has 0 saturated heterocycles. The van der Waals surface area contributed by atoms with Crippen LogP contribution in [0.2, 0.25) is 0 Å². The van der Waals surface area contributed by atoms with Crippen LogP contribution in [0.5, 0.6) is 0 Å². The Labute approximate surface area is 125 Å². The van der Waals surface area contributed by atoms with Crippen molar-refractivity contribution < 1.29 is 8.78 Å². The van der Waals surface area contributed by atoms with E-state index in [0.29, 0.717) is 12.0 Å². The number of hydrogen-bond donors (Lipinski definition) is 1. The molecule has 0 aliphatic heterocycles. The van der Waals surface area contributed by atoms with Crippen molar-refractivity contribution in [2.75, 3.05) is 6.54 Å². The van der Waals surface area contributed by atoms with Crippen molar-refractivity contribution in [1.82, 2.24) is 5.32 Å². The highest BCUT2D eigenvalue weighted by Gasteiger charge is 2.16. The Balaban J connectivity index is 2.30. The first-order valence-electron chi connectivity index (χ1n) is 7.26. The van der Waals surface area contributed by atoms with Crippen LogP contribution in [0.15, 0.2) is 36.4 Å². The van der Waals surface area contributed by atoms with Gasteiger partial charge in [-0.1, -0.05) is 37.3 Å². The minimum Gasteiger partial charge on any atom is -0.310 e. The van der Waals surface area contributed by atoms with E-state index in [4.69, 9.17) is 0 Å². The van der Waals surface area contributed by atoms with Gasteiger partial charge in [0, 0.05) is 6.04 Å². The van der Waals surface area contributed by atoms with Crippen molar-refractivity contribution in [2.24, 2.45) is 0 Å². The molecule has 0 radical (unpaired) electrons. The second-order valence-corrected chi connectivity index (χ2v) is 5.37. The molecule has 0 bridgehead atoms. The van der Waals surface area contributed by atoms with E-state index < -0.39 is 11.6 Å². The van der Waals surface area contributed by atoms with Gasteiger partial charge in [-0.05, 0) is 55.1 Å². The number of nitrogens with one attached hydrogen (secondary N) is 1. The van der Waals surface area contributed by atoms with Crippen LogP contribution in [-0.4, -0.2) is 6.54 Å². The van der Waals surface area contributed by atoms with Crippen LogP contribution in [0.4, 0.5) is 8.78 Å². The molecule has 1 nitrogen and oxygen atoms in total. The highest BCUT2D eigenvalue weighted by atomic mass is 19.2. The van der Waals surface area contributed by atoms with Gasteiger partial charge in [0.1, 0.15) is 0 Å². The lowest BCUT2D eigenvalue weighted by molar-refractivity contribution is 0.481. The van der Waals surface area contributed by atoms with Crippen LogP contribution < -0.4 is 5.32 Å². The Bertz CT molecular complexity index is 623. The average Bonchev–Trinajstić information content (AvgIpc) is 2.46. The van der Waals surface area contributed by atoms with Gasteiger partial charge in [-0.25, -0.2) is 8.78 Å². The van der Waals surface area contributed by atoms with Gasteiger partial charge in [-0.2, -0.15) is 0 Å². The number of likely N-dealkylation sites (N-methyl/N-ethyl adjacent to an activating group) is 1. The molecule has 3 heteroatoms. The van der Waals surface area contributed by atoms with Crippen LogP contribution in [0.1, 0.15) is 35.2 Å². The standard InChI is InChI=1S/C18H21F2N/c1-4-21-17(14-9-8-12(2)13(3)10-14)11-15-6-5-7-16(19)18(15)20/h5-10,17,21H,4,11H2,1-3H3. The van der Waals surface area contributed by atoms with E-state index in [1.165, 1.54) is 11.1 Å². The molecule has 1 N–H and O–H groups in total. The predicted molar refractivity (Wildman–Crippen MR) is 82.4 cm³/mol. The van der Waals surface area contributed by atoms with Gasteiger partial charge in [0.15, 0.2) is 11.6 Å². The first kappa shape index (κ1) is 15.6. The van der Waals surface area contributed by atoms with Crippen molar-refractivity contribution in [3.05, 3.63) is 70.3 Å². The monoisotopic (exact) mass is 289 g/mol. The van der Waals surface area contributed by atoms with Crippen LogP contribution in [0.25, 0.3) is 0 Å². The second kappa shape index (κ2) is 6.81. The molecule has 0 heterocycles. The van der Waals surface area contributed by atoms with Crippen LogP contribution in [0.3, 0.4) is 0 Å². The van der Waals surface area contributed by atoms with Gasteiger partial charge < -0.3 is 5.32 Å². The van der Waals surface area contributed by atoms with Crippen molar-refractivity contribution in [3.63, 3.8) is 0 Å². The summed E-state index contributed by atoms with van der Waals surface area (Å²) in [7, 11) is 0. The van der Waals surface area contributed by atoms with E-state index in [1.807, 2.05) is 13.0 Å². The predicted octanol–water partition coefficient (Wildman–Crippen LogP) is 4.47. The van der Waals surface area contributed by atoms with Crippen molar-refractivity contribution in [2.45, 2.75) is 33.2 Å². The van der Waals surface area contributed by atoms with Crippen LogP contribution in [0, 0.1) is 25.5 Å². The van der Waals surface area contributed by atoms with Gasteiger partial charge in [0.25, 0.3) is 0 Å². The maximum absolute atomic E-state index is 13.9. The maximum Gasteiger partial charge on any atom is 0.162 e. The summed E-state index contributed by atoms with van der Waals surface area (Å²) in [6.07, 6.45) is 0.430. The molecule has 0 fully saturated rings. The topological polar surface area (TPSA) is 12.0 Å². The van der Waals surface area contributed by atoms with Crippen molar-refractivity contribution in [1.29, 1.82) is 0 Å². The molecule has 1 unspecified atom stereocenters. The molecule has 0 aliphatic carbocycles. The number of benzene rings is 2. The first-order valence-corrected chi connectivity index (χ1v) is 7.26. The highest BCUT2D eigenvalue weighted by molar-refractivity contribution is 5.33. The molecule has 112 valence electrons. The third kappa shape index (κ3) is 3.67. The Morgan fingerprint density at radius 3 is 2.48 bits per heavy atom. The number of rotatable bonds is 5. The number of aryl methyl sites for hydroxylation is 2. The second-order valence-electron chi connectivity index (χ2n) is 5.37. The maximum atomic E-state index is 13.9. The zero-order valence-corrected chi connectivity index (χ0v) is 12.7. The summed E-state index contributed by atoms with van der Waals surface area (Å²) in [4.78, 5) is 0. The fourth-order valence-electron chi connectivity index (χ4n) is 2.46. The van der Waals surface area contributed by atoms with Crippen molar-refractivity contribution >= 4 is 0 Å². The molecule has 0 amide bonds. The normalized spacial score (nSPS) is 12.4. The summed E-state index contributed by atoms with van der Waals surface area (Å²) < 4.78 is 27.2. The lowest BCUT2D eigenvalue weighted by Crippen LogP contribution is -2.23. The summed E-state index contributed by atoms with van der Waals surface area (Å²) >= 11 is 0. The summed E-state index contributed by atoms with van der Waals surface area (Å²) in [6, 6.07) is 10.5. The van der Waals surface area contributed by atoms with E-state index in [-0.39, 0.29) is 6.04 Å². The van der Waals surface area contributed by atoms with Crippen LogP contribution >= 0.6 is 0 Å². The SMILES string of the molecule is CCNC(Cc1cccc(F)c1F)c1ccc(C)c(C)c1. The molecule has 0 aromatic heterocycles. The Hall–Kier alpha value is -1.74. The van der Waals surface area contributed by atoms with Gasteiger partial charge in [0.2, 0.25) is 0 Å². The molecule has 0 aliphatic rings. The molecule has 2 rings (SSSR count). The fourth-order valence-corrected chi connectivity index (χ4v) is 2.46. The van der Waals surface area contributed by atoms with E-state index in [0.717, 1.165) is 18.2 Å². The molecule has 2 aromatic rings. The van der Waals surface area contributed by atoms with Crippen LogP contribution in [-0.2, 0) is 6.42 Å². The first-order chi connectivity index (χ1) is 10.0. The van der Waals surface area contributed by atoms with Gasteiger partial charge in [-0.15, -0.1) is 0 Å². The minimum absolute atomic E-state index is 0.0226. The molecule has 1 atom stereocenters. The summed E-state index contributed by atoms with van der Waals surface area (Å²) in [5.41, 5.74) is 3.93. The van der Waals surface area contributed by atoms with E-state index >= 15 is 0 Å². The van der Waals surface area contributed by atoms with E-state index in [2.05, 4.69) is 31.3 Å². The van der Waals surface area contributed by atoms with Gasteiger partial charge in [0.05, 0.1) is 0 Å². The lowest BCUT2D eigenvalue weighted by atomic mass is 9.95. The summed E-state index contributed by atoms with van der Waals surface area (Å²) in [6.45, 7) is 6.91. The summed E-state index contributed by atoms with van der Waals surface area (Å²) in [5.74, 6) is -1.54. The Morgan fingerprint density at radius 1 is 1.05 bits per heavy atom. The molecule has 0 saturated carbocycles. The molecular formula is C18H21F2N. The average molecular weight is 289 g/mol. The van der Waals surface area contributed by atoms with E-state index in [9.17, 15) is 8.78 Å². The number of hydrogen-bond acceptors (Lipinski definition) is 1. The van der Waals surface area contributed by atoms with Gasteiger partial charge >= 0.3 is 0 Å². The quantitative estimate of drug-likeness (QED) is 0.856. The highest BCUT2D eigenvalue weighted by Crippen LogP contribution is 2.23. The number of halogens is 2. The van der Waals surface area contributed by atoms with Gasteiger partial charge in [-0.3, -0.25) is 0 Å². The Morgan fingerprint density at radius 2 is 1.81 bits per heavy atom. The zero-order valence-electron chi connectivity index (χ0n) is 12.7. The molecule has 0 spiro atoms. The third-order valence-corrected chi connectivity index (χ3v) is 3.84. The Kier molecular flexibility index (Phi) is 5.07. The van der Waals surface area contributed by atoms with E-state index in [1.54, 1.807) is 12.1 Å². The smallest absolute Gasteiger partial charge is 0.162 e. The molecular weight excluding hydrogens is 268 g/mol. The third-order valence-electron chi connectivity index (χ3n) is 3.84. The zero-order chi connectivity index (χ0) is 15.4.